The van der Waals surface area contributed by atoms with E-state index in [1.54, 1.807) is 30.6 Å². The molecule has 0 saturated heterocycles. The van der Waals surface area contributed by atoms with Crippen LogP contribution in [0.15, 0.2) is 48.8 Å². The van der Waals surface area contributed by atoms with Gasteiger partial charge in [0.25, 0.3) is 0 Å². The second-order valence-corrected chi connectivity index (χ2v) is 6.31. The number of hydrogen-bond acceptors (Lipinski definition) is 5. The summed E-state index contributed by atoms with van der Waals surface area (Å²) >= 11 is 0. The standard InChI is InChI=1S/C19H17FN5/c20-15-3-1-10-22-18(15)19(8-2-9-19)11-14-5-7-17(25-24-14)16-6-4-13(21)12-23-16/h1,3-7,10-12H,2,8-9,21H2. The fourth-order valence-electron chi connectivity index (χ4n) is 3.16. The Morgan fingerprint density at radius 2 is 1.84 bits per heavy atom. The molecule has 3 aromatic heterocycles. The van der Waals surface area contributed by atoms with Crippen molar-refractivity contribution < 1.29 is 4.39 Å². The molecule has 0 bridgehead atoms. The van der Waals surface area contributed by atoms with E-state index >= 15 is 0 Å². The molecule has 5 nitrogen and oxygen atoms in total. The van der Waals surface area contributed by atoms with Crippen molar-refractivity contribution in [3.8, 4) is 11.4 Å². The average molecular weight is 334 g/mol. The SMILES string of the molecule is Nc1ccc(-c2ccc([CH]C3(c4ncccc4F)CCC3)nn2)nc1. The van der Waals surface area contributed by atoms with Gasteiger partial charge in [0.15, 0.2) is 0 Å². The molecule has 1 saturated carbocycles. The maximum atomic E-state index is 14.2. The molecule has 1 aliphatic rings. The summed E-state index contributed by atoms with van der Waals surface area (Å²) in [4.78, 5) is 8.51. The number of hydrogen-bond donors (Lipinski definition) is 1. The third-order valence-corrected chi connectivity index (χ3v) is 4.63. The lowest BCUT2D eigenvalue weighted by molar-refractivity contribution is 0.274. The van der Waals surface area contributed by atoms with Crippen LogP contribution in [0.5, 0.6) is 0 Å². The van der Waals surface area contributed by atoms with Crippen molar-refractivity contribution in [2.24, 2.45) is 0 Å². The Morgan fingerprint density at radius 3 is 2.44 bits per heavy atom. The monoisotopic (exact) mass is 334 g/mol. The highest BCUT2D eigenvalue weighted by atomic mass is 19.1. The van der Waals surface area contributed by atoms with Crippen LogP contribution >= 0.6 is 0 Å². The van der Waals surface area contributed by atoms with Gasteiger partial charge in [-0.1, -0.05) is 6.42 Å². The number of nitrogens with two attached hydrogens (primary N) is 1. The second kappa shape index (κ2) is 6.20. The topological polar surface area (TPSA) is 77.6 Å². The zero-order valence-corrected chi connectivity index (χ0v) is 13.6. The molecule has 125 valence electrons. The van der Waals surface area contributed by atoms with E-state index in [9.17, 15) is 4.39 Å². The van der Waals surface area contributed by atoms with Crippen molar-refractivity contribution >= 4 is 5.69 Å². The number of anilines is 1. The quantitative estimate of drug-likeness (QED) is 0.792. The van der Waals surface area contributed by atoms with Crippen LogP contribution in [0.1, 0.15) is 30.7 Å². The molecule has 4 rings (SSSR count). The van der Waals surface area contributed by atoms with Crippen molar-refractivity contribution in [3.63, 3.8) is 0 Å². The first kappa shape index (κ1) is 15.6. The van der Waals surface area contributed by atoms with E-state index in [4.69, 9.17) is 5.73 Å². The van der Waals surface area contributed by atoms with Gasteiger partial charge in [-0.3, -0.25) is 9.97 Å². The van der Waals surface area contributed by atoms with Crippen LogP contribution in [0.3, 0.4) is 0 Å². The van der Waals surface area contributed by atoms with E-state index in [2.05, 4.69) is 20.2 Å². The van der Waals surface area contributed by atoms with Gasteiger partial charge in [0.05, 0.1) is 29.0 Å². The number of pyridine rings is 2. The lowest BCUT2D eigenvalue weighted by Crippen LogP contribution is -2.37. The van der Waals surface area contributed by atoms with E-state index in [1.165, 1.54) is 6.07 Å². The molecule has 3 heterocycles. The highest BCUT2D eigenvalue weighted by Crippen LogP contribution is 2.47. The van der Waals surface area contributed by atoms with Gasteiger partial charge in [0.2, 0.25) is 0 Å². The van der Waals surface area contributed by atoms with Crippen LogP contribution in [-0.2, 0) is 5.41 Å². The van der Waals surface area contributed by atoms with Crippen molar-refractivity contribution in [2.45, 2.75) is 24.7 Å². The zero-order valence-electron chi connectivity index (χ0n) is 13.6. The number of halogens is 1. The molecule has 2 N–H and O–H groups in total. The third-order valence-electron chi connectivity index (χ3n) is 4.63. The number of nitrogen functional groups attached to an aromatic ring is 1. The summed E-state index contributed by atoms with van der Waals surface area (Å²) in [6, 6.07) is 10.4. The van der Waals surface area contributed by atoms with Crippen molar-refractivity contribution in [2.75, 3.05) is 5.73 Å². The van der Waals surface area contributed by atoms with E-state index < -0.39 is 0 Å². The Hall–Kier alpha value is -2.89. The lowest BCUT2D eigenvalue weighted by Gasteiger charge is -2.41. The molecule has 0 spiro atoms. The van der Waals surface area contributed by atoms with Crippen LogP contribution < -0.4 is 5.73 Å². The molecule has 25 heavy (non-hydrogen) atoms. The minimum Gasteiger partial charge on any atom is -0.397 e. The molecular weight excluding hydrogens is 317 g/mol. The van der Waals surface area contributed by atoms with Gasteiger partial charge >= 0.3 is 0 Å². The molecule has 0 unspecified atom stereocenters. The van der Waals surface area contributed by atoms with Crippen molar-refractivity contribution in [1.82, 2.24) is 20.2 Å². The van der Waals surface area contributed by atoms with Gasteiger partial charge in [-0.15, -0.1) is 5.10 Å². The van der Waals surface area contributed by atoms with Crippen LogP contribution in [0.4, 0.5) is 10.1 Å². The molecule has 6 heteroatoms. The summed E-state index contributed by atoms with van der Waals surface area (Å²) in [5, 5.41) is 8.51. The van der Waals surface area contributed by atoms with Crippen LogP contribution in [0.2, 0.25) is 0 Å². The summed E-state index contributed by atoms with van der Waals surface area (Å²) < 4.78 is 14.2. The van der Waals surface area contributed by atoms with E-state index in [-0.39, 0.29) is 11.2 Å². The van der Waals surface area contributed by atoms with E-state index in [0.29, 0.717) is 28.5 Å². The minimum atomic E-state index is -0.388. The summed E-state index contributed by atoms with van der Waals surface area (Å²) in [7, 11) is 0. The molecule has 3 aromatic rings. The summed E-state index contributed by atoms with van der Waals surface area (Å²) in [6.45, 7) is 0. The first-order chi connectivity index (χ1) is 12.2. The summed E-state index contributed by atoms with van der Waals surface area (Å²) in [6.07, 6.45) is 7.98. The fraction of sp³-hybridized carbons (Fsp3) is 0.211. The first-order valence-corrected chi connectivity index (χ1v) is 8.19. The maximum Gasteiger partial charge on any atom is 0.145 e. The van der Waals surface area contributed by atoms with Gasteiger partial charge in [0.1, 0.15) is 11.5 Å². The van der Waals surface area contributed by atoms with Crippen LogP contribution in [0, 0.1) is 12.2 Å². The second-order valence-electron chi connectivity index (χ2n) is 6.31. The van der Waals surface area contributed by atoms with Crippen LogP contribution in [0.25, 0.3) is 11.4 Å². The van der Waals surface area contributed by atoms with Gasteiger partial charge < -0.3 is 5.73 Å². The Labute approximate surface area is 145 Å². The van der Waals surface area contributed by atoms with E-state index in [0.717, 1.165) is 19.3 Å². The molecule has 0 aromatic carbocycles. The average Bonchev–Trinajstić information content (AvgIpc) is 2.60. The Bertz CT molecular complexity index is 873. The molecule has 1 fully saturated rings. The Balaban J connectivity index is 1.58. The number of aromatic nitrogens is 4. The smallest absolute Gasteiger partial charge is 0.145 e. The summed E-state index contributed by atoms with van der Waals surface area (Å²) in [5.74, 6) is -0.269. The highest BCUT2D eigenvalue weighted by molar-refractivity contribution is 5.55. The largest absolute Gasteiger partial charge is 0.397 e. The molecule has 0 atom stereocenters. The predicted octanol–water partition coefficient (Wildman–Crippen LogP) is 3.33. The lowest BCUT2D eigenvalue weighted by atomic mass is 9.63. The molecular formula is C19H17FN5. The molecule has 0 amide bonds. The van der Waals surface area contributed by atoms with Crippen LogP contribution in [-0.4, -0.2) is 20.2 Å². The van der Waals surface area contributed by atoms with Gasteiger partial charge in [-0.05, 0) is 49.2 Å². The predicted molar refractivity (Wildman–Crippen MR) is 92.8 cm³/mol. The fourth-order valence-corrected chi connectivity index (χ4v) is 3.16. The Kier molecular flexibility index (Phi) is 3.87. The number of rotatable bonds is 4. The number of nitrogens with zero attached hydrogens (tertiary/aromatic N) is 4. The first-order valence-electron chi connectivity index (χ1n) is 8.19. The Morgan fingerprint density at radius 1 is 1.00 bits per heavy atom. The normalized spacial score (nSPS) is 15.6. The van der Waals surface area contributed by atoms with Crippen molar-refractivity contribution in [1.29, 1.82) is 0 Å². The minimum absolute atomic E-state index is 0.269. The highest BCUT2D eigenvalue weighted by Gasteiger charge is 2.42. The summed E-state index contributed by atoms with van der Waals surface area (Å²) in [5.41, 5.74) is 8.45. The van der Waals surface area contributed by atoms with Gasteiger partial charge in [-0.2, -0.15) is 5.10 Å². The molecule has 1 radical (unpaired) electrons. The van der Waals surface area contributed by atoms with E-state index in [1.807, 2.05) is 18.6 Å². The molecule has 0 aliphatic heterocycles. The maximum absolute atomic E-state index is 14.2. The molecule has 1 aliphatic carbocycles. The van der Waals surface area contributed by atoms with Crippen molar-refractivity contribution in [3.05, 3.63) is 72.4 Å². The van der Waals surface area contributed by atoms with Gasteiger partial charge in [-0.25, -0.2) is 4.39 Å². The zero-order chi connectivity index (χ0) is 17.3. The van der Waals surface area contributed by atoms with Gasteiger partial charge in [0, 0.05) is 18.0 Å². The third kappa shape index (κ3) is 2.95.